The van der Waals surface area contributed by atoms with E-state index in [0.29, 0.717) is 39.1 Å². The van der Waals surface area contributed by atoms with E-state index in [-0.39, 0.29) is 11.3 Å². The fourth-order valence-corrected chi connectivity index (χ4v) is 3.24. The third kappa shape index (κ3) is 4.05. The molecule has 0 amide bonds. The Hall–Kier alpha value is -3.94. The van der Waals surface area contributed by atoms with Gasteiger partial charge in [0.25, 0.3) is 0 Å². The second-order valence-corrected chi connectivity index (χ2v) is 6.98. The minimum Gasteiger partial charge on any atom is -0.382 e. The molecule has 0 aliphatic carbocycles. The molecule has 0 bridgehead atoms. The molecule has 0 saturated carbocycles. The van der Waals surface area contributed by atoms with Gasteiger partial charge < -0.3 is 10.7 Å². The van der Waals surface area contributed by atoms with Crippen molar-refractivity contribution in [2.24, 2.45) is 10.7 Å². The van der Waals surface area contributed by atoms with Crippen LogP contribution in [-0.2, 0) is 6.18 Å². The Kier molecular flexibility index (Phi) is 5.06. The normalized spacial score (nSPS) is 12.3. The highest BCUT2D eigenvalue weighted by atomic mass is 19.4. The largest absolute Gasteiger partial charge is 0.416 e. The molecule has 2 heterocycles. The van der Waals surface area contributed by atoms with Gasteiger partial charge in [0.05, 0.1) is 11.3 Å². The van der Waals surface area contributed by atoms with Gasteiger partial charge in [-0.2, -0.15) is 13.2 Å². The van der Waals surface area contributed by atoms with Gasteiger partial charge in [0.1, 0.15) is 5.84 Å². The Morgan fingerprint density at radius 1 is 1.00 bits per heavy atom. The number of nitrogens with two attached hydrogens (primary N) is 1. The number of hydrogen-bond donors (Lipinski definition) is 2. The number of amidine groups is 1. The van der Waals surface area contributed by atoms with Crippen LogP contribution in [0.25, 0.3) is 22.0 Å². The Morgan fingerprint density at radius 3 is 2.32 bits per heavy atom. The summed E-state index contributed by atoms with van der Waals surface area (Å²) < 4.78 is 38.1. The predicted octanol–water partition coefficient (Wildman–Crippen LogP) is 4.95. The summed E-state index contributed by atoms with van der Waals surface area (Å²) >= 11 is 0. The van der Waals surface area contributed by atoms with Crippen LogP contribution >= 0.6 is 0 Å². The molecule has 3 N–H and O–H groups in total. The van der Waals surface area contributed by atoms with E-state index in [4.69, 9.17) is 5.73 Å². The number of halogens is 3. The third-order valence-electron chi connectivity index (χ3n) is 4.93. The molecule has 2 aromatic heterocycles. The first kappa shape index (κ1) is 20.3. The summed E-state index contributed by atoms with van der Waals surface area (Å²) in [6.45, 7) is 1.67. The Labute approximate surface area is 175 Å². The van der Waals surface area contributed by atoms with E-state index >= 15 is 0 Å². The van der Waals surface area contributed by atoms with Crippen molar-refractivity contribution in [3.8, 4) is 11.1 Å². The van der Waals surface area contributed by atoms with Gasteiger partial charge in [-0.05, 0) is 48.9 Å². The van der Waals surface area contributed by atoms with Gasteiger partial charge in [-0.3, -0.25) is 4.79 Å². The molecule has 0 aliphatic heterocycles. The molecule has 31 heavy (non-hydrogen) atoms. The van der Waals surface area contributed by atoms with Crippen LogP contribution in [0.4, 0.5) is 19.0 Å². The highest BCUT2D eigenvalue weighted by Gasteiger charge is 2.29. The minimum absolute atomic E-state index is 0.107. The fourth-order valence-electron chi connectivity index (χ4n) is 3.24. The molecular formula is C23H17F3N4O. The standard InChI is InChI=1S/C23H17F3N4O/c1-13-20(29-18-5-3-2-4-17(18)21(13)31)22(27)30-19-11-8-15(12-28-19)14-6-9-16(10-7-14)23(24,25)26/h2-12H,1H3,(H,29,31)(H2,27,28,30). The summed E-state index contributed by atoms with van der Waals surface area (Å²) in [5.74, 6) is 0.414. The molecular weight excluding hydrogens is 405 g/mol. The van der Waals surface area contributed by atoms with Crippen LogP contribution < -0.4 is 11.2 Å². The van der Waals surface area contributed by atoms with Crippen LogP contribution in [0.1, 0.15) is 16.8 Å². The average Bonchev–Trinajstić information content (AvgIpc) is 2.76. The van der Waals surface area contributed by atoms with Crippen molar-refractivity contribution >= 4 is 22.6 Å². The van der Waals surface area contributed by atoms with Crippen LogP contribution in [0.2, 0.25) is 0 Å². The molecule has 5 nitrogen and oxygen atoms in total. The molecule has 4 aromatic rings. The second-order valence-electron chi connectivity index (χ2n) is 6.98. The maximum absolute atomic E-state index is 12.7. The summed E-state index contributed by atoms with van der Waals surface area (Å²) in [7, 11) is 0. The number of pyridine rings is 2. The molecule has 0 radical (unpaired) electrons. The number of nitrogens with zero attached hydrogens (tertiary/aromatic N) is 2. The summed E-state index contributed by atoms with van der Waals surface area (Å²) in [4.78, 5) is 24.2. The van der Waals surface area contributed by atoms with E-state index in [2.05, 4.69) is 15.0 Å². The van der Waals surface area contributed by atoms with E-state index < -0.39 is 11.7 Å². The quantitative estimate of drug-likeness (QED) is 0.362. The number of alkyl halides is 3. The van der Waals surface area contributed by atoms with E-state index in [1.54, 1.807) is 37.3 Å². The molecule has 0 unspecified atom stereocenters. The van der Waals surface area contributed by atoms with Gasteiger partial charge in [0.2, 0.25) is 0 Å². The van der Waals surface area contributed by atoms with Gasteiger partial charge in [-0.1, -0.05) is 24.3 Å². The van der Waals surface area contributed by atoms with Crippen molar-refractivity contribution in [1.29, 1.82) is 0 Å². The molecule has 0 fully saturated rings. The SMILES string of the molecule is Cc1c(C(N)=Nc2ccc(-c3ccc(C(F)(F)F)cc3)cn2)[nH]c2ccccc2c1=O. The highest BCUT2D eigenvalue weighted by Crippen LogP contribution is 2.31. The number of nitrogens with one attached hydrogen (secondary N) is 1. The first-order valence-electron chi connectivity index (χ1n) is 9.34. The van der Waals surface area contributed by atoms with Crippen molar-refractivity contribution < 1.29 is 13.2 Å². The molecule has 0 atom stereocenters. The van der Waals surface area contributed by atoms with Crippen molar-refractivity contribution in [2.75, 3.05) is 0 Å². The van der Waals surface area contributed by atoms with Crippen LogP contribution in [-0.4, -0.2) is 15.8 Å². The van der Waals surface area contributed by atoms with E-state index in [1.807, 2.05) is 6.07 Å². The number of benzene rings is 2. The molecule has 0 spiro atoms. The second kappa shape index (κ2) is 7.71. The number of para-hydroxylation sites is 1. The molecule has 8 heteroatoms. The van der Waals surface area contributed by atoms with E-state index in [1.165, 1.54) is 18.3 Å². The van der Waals surface area contributed by atoms with Crippen molar-refractivity contribution in [3.63, 3.8) is 0 Å². The maximum Gasteiger partial charge on any atom is 0.416 e. The smallest absolute Gasteiger partial charge is 0.382 e. The zero-order valence-corrected chi connectivity index (χ0v) is 16.4. The lowest BCUT2D eigenvalue weighted by Gasteiger charge is -2.09. The molecule has 4 rings (SSSR count). The minimum atomic E-state index is -4.38. The van der Waals surface area contributed by atoms with Gasteiger partial charge in [0.15, 0.2) is 11.2 Å². The predicted molar refractivity (Wildman–Crippen MR) is 114 cm³/mol. The fraction of sp³-hybridized carbons (Fsp3) is 0.0870. The monoisotopic (exact) mass is 422 g/mol. The summed E-state index contributed by atoms with van der Waals surface area (Å²) in [5, 5.41) is 0.565. The molecule has 0 saturated heterocycles. The summed E-state index contributed by atoms with van der Waals surface area (Å²) in [5.41, 5.74) is 8.03. The Morgan fingerprint density at radius 2 is 1.68 bits per heavy atom. The first-order valence-corrected chi connectivity index (χ1v) is 9.34. The van der Waals surface area contributed by atoms with Gasteiger partial charge in [-0.15, -0.1) is 0 Å². The van der Waals surface area contributed by atoms with Crippen LogP contribution in [0.3, 0.4) is 0 Å². The number of hydrogen-bond acceptors (Lipinski definition) is 3. The maximum atomic E-state index is 12.7. The lowest BCUT2D eigenvalue weighted by atomic mass is 10.1. The van der Waals surface area contributed by atoms with Gasteiger partial charge in [-0.25, -0.2) is 9.98 Å². The number of fused-ring (bicyclic) bond motifs is 1. The number of rotatable bonds is 3. The topological polar surface area (TPSA) is 84.1 Å². The Bertz CT molecular complexity index is 1340. The van der Waals surface area contributed by atoms with E-state index in [0.717, 1.165) is 12.1 Å². The van der Waals surface area contributed by atoms with Crippen molar-refractivity contribution in [2.45, 2.75) is 13.1 Å². The van der Waals surface area contributed by atoms with Crippen molar-refractivity contribution in [3.05, 3.63) is 93.9 Å². The average molecular weight is 422 g/mol. The van der Waals surface area contributed by atoms with Crippen LogP contribution in [0, 0.1) is 6.92 Å². The Balaban J connectivity index is 1.63. The molecule has 2 aromatic carbocycles. The number of H-pyrrole nitrogens is 1. The number of aliphatic imine (C=N–C) groups is 1. The molecule has 0 aliphatic rings. The zero-order valence-electron chi connectivity index (χ0n) is 16.4. The number of aromatic nitrogens is 2. The third-order valence-corrected chi connectivity index (χ3v) is 4.93. The zero-order chi connectivity index (χ0) is 22.2. The van der Waals surface area contributed by atoms with Gasteiger partial charge >= 0.3 is 6.18 Å². The lowest BCUT2D eigenvalue weighted by molar-refractivity contribution is -0.137. The molecule has 156 valence electrons. The van der Waals surface area contributed by atoms with Crippen LogP contribution in [0.15, 0.2) is 76.6 Å². The summed E-state index contributed by atoms with van der Waals surface area (Å²) in [6.07, 6.45) is -2.88. The lowest BCUT2D eigenvalue weighted by Crippen LogP contribution is -2.21. The van der Waals surface area contributed by atoms with Crippen LogP contribution in [0.5, 0.6) is 0 Å². The summed E-state index contributed by atoms with van der Waals surface area (Å²) in [6, 6.07) is 15.2. The first-order chi connectivity index (χ1) is 14.7. The number of aromatic amines is 1. The van der Waals surface area contributed by atoms with Gasteiger partial charge in [0, 0.05) is 28.2 Å². The van der Waals surface area contributed by atoms with Crippen molar-refractivity contribution in [1.82, 2.24) is 9.97 Å². The van der Waals surface area contributed by atoms with E-state index in [9.17, 15) is 18.0 Å². The highest BCUT2D eigenvalue weighted by molar-refractivity contribution is 6.00.